The van der Waals surface area contributed by atoms with E-state index in [2.05, 4.69) is 10.0 Å². The Morgan fingerprint density at radius 3 is 2.24 bits per heavy atom. The fourth-order valence-electron chi connectivity index (χ4n) is 5.03. The molecule has 3 aliphatic carbocycles. The normalized spacial score (nSPS) is 31.9. The van der Waals surface area contributed by atoms with Crippen LogP contribution in [0, 0.1) is 5.82 Å². The van der Waals surface area contributed by atoms with Crippen molar-refractivity contribution in [1.29, 1.82) is 0 Å². The molecule has 0 aromatic heterocycles. The molecule has 4 N–H and O–H groups in total. The van der Waals surface area contributed by atoms with Gasteiger partial charge in [0.05, 0.1) is 17.6 Å². The standard InChI is InChI=1S/C20H29FN4O3S/c21-15-3-5-16(6-4-15)29(27,28)24-20-10-7-19(8-11-20,9-12-20)23-14-18(26)25-13-1-2-17(25)22/h3-6,17,23-24H,1-2,7-14,22H2. The van der Waals surface area contributed by atoms with Crippen molar-refractivity contribution in [1.82, 2.24) is 14.9 Å². The number of likely N-dealkylation sites (tertiary alicyclic amines) is 1. The van der Waals surface area contributed by atoms with Crippen LogP contribution in [0.5, 0.6) is 0 Å². The van der Waals surface area contributed by atoms with E-state index in [1.54, 1.807) is 4.90 Å². The number of amides is 1. The Labute approximate surface area is 171 Å². The maximum absolute atomic E-state index is 13.1. The predicted octanol–water partition coefficient (Wildman–Crippen LogP) is 1.45. The molecule has 29 heavy (non-hydrogen) atoms. The van der Waals surface area contributed by atoms with Crippen LogP contribution in [-0.2, 0) is 14.8 Å². The first kappa shape index (κ1) is 20.7. The number of carbonyl (C=O) groups is 1. The summed E-state index contributed by atoms with van der Waals surface area (Å²) in [5.74, 6) is -0.415. The van der Waals surface area contributed by atoms with Gasteiger partial charge >= 0.3 is 0 Å². The molecule has 1 aromatic rings. The fraction of sp³-hybridized carbons (Fsp3) is 0.650. The number of fused-ring (bicyclic) bond motifs is 3. The van der Waals surface area contributed by atoms with Crippen molar-refractivity contribution in [3.63, 3.8) is 0 Å². The van der Waals surface area contributed by atoms with Crippen molar-refractivity contribution in [2.45, 2.75) is 73.5 Å². The number of hydrogen-bond donors (Lipinski definition) is 3. The predicted molar refractivity (Wildman–Crippen MR) is 107 cm³/mol. The number of nitrogens with zero attached hydrogens (tertiary/aromatic N) is 1. The highest BCUT2D eigenvalue weighted by molar-refractivity contribution is 7.89. The van der Waals surface area contributed by atoms with E-state index < -0.39 is 21.4 Å². The van der Waals surface area contributed by atoms with Crippen LogP contribution < -0.4 is 15.8 Å². The Morgan fingerprint density at radius 1 is 1.10 bits per heavy atom. The van der Waals surface area contributed by atoms with Gasteiger partial charge in [0.15, 0.2) is 0 Å². The van der Waals surface area contributed by atoms with Gasteiger partial charge in [-0.3, -0.25) is 4.79 Å². The lowest BCUT2D eigenvalue weighted by Crippen LogP contribution is -2.63. The number of halogens is 1. The van der Waals surface area contributed by atoms with Crippen LogP contribution in [-0.4, -0.2) is 49.6 Å². The van der Waals surface area contributed by atoms with E-state index in [-0.39, 0.29) is 29.1 Å². The molecule has 1 aliphatic heterocycles. The van der Waals surface area contributed by atoms with Gasteiger partial charge in [0.1, 0.15) is 5.82 Å². The molecule has 4 fully saturated rings. The largest absolute Gasteiger partial charge is 0.326 e. The van der Waals surface area contributed by atoms with Crippen molar-refractivity contribution in [3.05, 3.63) is 30.1 Å². The molecule has 4 aliphatic rings. The summed E-state index contributed by atoms with van der Waals surface area (Å²) in [4.78, 5) is 14.3. The number of nitrogens with two attached hydrogens (primary N) is 1. The molecule has 7 nitrogen and oxygen atoms in total. The van der Waals surface area contributed by atoms with Crippen LogP contribution >= 0.6 is 0 Å². The number of carbonyl (C=O) groups excluding carboxylic acids is 1. The molecule has 1 atom stereocenters. The van der Waals surface area contributed by atoms with Gasteiger partial charge in [-0.25, -0.2) is 17.5 Å². The second kappa shape index (κ2) is 7.61. The fourth-order valence-corrected chi connectivity index (χ4v) is 6.52. The van der Waals surface area contributed by atoms with Crippen molar-refractivity contribution in [3.8, 4) is 0 Å². The second-order valence-corrected chi connectivity index (χ2v) is 10.5. The minimum absolute atomic E-state index is 0.0452. The van der Waals surface area contributed by atoms with Gasteiger partial charge in [0, 0.05) is 17.6 Å². The van der Waals surface area contributed by atoms with Gasteiger partial charge in [0.2, 0.25) is 15.9 Å². The van der Waals surface area contributed by atoms with Gasteiger partial charge in [-0.2, -0.15) is 0 Å². The summed E-state index contributed by atoms with van der Waals surface area (Å²) in [6, 6.07) is 4.90. The number of benzene rings is 1. The number of rotatable bonds is 6. The molecule has 1 amide bonds. The minimum Gasteiger partial charge on any atom is -0.326 e. The van der Waals surface area contributed by atoms with Crippen molar-refractivity contribution < 1.29 is 17.6 Å². The second-order valence-electron chi connectivity index (χ2n) is 8.77. The Hall–Kier alpha value is -1.55. The molecular weight excluding hydrogens is 395 g/mol. The Kier molecular flexibility index (Phi) is 5.43. The molecule has 1 unspecified atom stereocenters. The van der Waals surface area contributed by atoms with Gasteiger partial charge in [-0.1, -0.05) is 0 Å². The Morgan fingerprint density at radius 2 is 1.69 bits per heavy atom. The van der Waals surface area contributed by atoms with Gasteiger partial charge in [-0.15, -0.1) is 0 Å². The van der Waals surface area contributed by atoms with Crippen LogP contribution in [0.3, 0.4) is 0 Å². The summed E-state index contributed by atoms with van der Waals surface area (Å²) in [6.07, 6.45) is 6.25. The Bertz CT molecular complexity index is 850. The summed E-state index contributed by atoms with van der Waals surface area (Å²) >= 11 is 0. The lowest BCUT2D eigenvalue weighted by Gasteiger charge is -2.53. The van der Waals surface area contributed by atoms with E-state index in [0.29, 0.717) is 0 Å². The summed E-state index contributed by atoms with van der Waals surface area (Å²) < 4.78 is 41.5. The highest BCUT2D eigenvalue weighted by Crippen LogP contribution is 2.47. The van der Waals surface area contributed by atoms with Crippen LogP contribution in [0.25, 0.3) is 0 Å². The summed E-state index contributed by atoms with van der Waals surface area (Å²) in [5.41, 5.74) is 5.42. The van der Waals surface area contributed by atoms with Crippen LogP contribution in [0.2, 0.25) is 0 Å². The highest BCUT2D eigenvalue weighted by atomic mass is 32.2. The SMILES string of the molecule is NC1CCCN1C(=O)CNC12CCC(NS(=O)(=O)c3ccc(F)cc3)(CC1)CC2. The Balaban J connectivity index is 1.35. The van der Waals surface area contributed by atoms with Gasteiger partial charge in [0.25, 0.3) is 0 Å². The third-order valence-corrected chi connectivity index (χ3v) is 8.55. The first-order valence-electron chi connectivity index (χ1n) is 10.3. The summed E-state index contributed by atoms with van der Waals surface area (Å²) in [5, 5.41) is 3.47. The zero-order valence-corrected chi connectivity index (χ0v) is 17.3. The first-order valence-corrected chi connectivity index (χ1v) is 11.8. The van der Waals surface area contributed by atoms with E-state index >= 15 is 0 Å². The average Bonchev–Trinajstić information content (AvgIpc) is 3.14. The van der Waals surface area contributed by atoms with Gasteiger partial charge < -0.3 is 16.0 Å². The van der Waals surface area contributed by atoms with E-state index in [1.807, 2.05) is 0 Å². The molecule has 0 radical (unpaired) electrons. The molecule has 1 saturated heterocycles. The molecule has 1 aromatic carbocycles. The molecule has 5 rings (SSSR count). The molecule has 2 bridgehead atoms. The summed E-state index contributed by atoms with van der Waals surface area (Å²) in [7, 11) is -3.70. The third kappa shape index (κ3) is 4.19. The van der Waals surface area contributed by atoms with Crippen molar-refractivity contribution in [2.24, 2.45) is 5.73 Å². The number of nitrogens with one attached hydrogen (secondary N) is 2. The lowest BCUT2D eigenvalue weighted by molar-refractivity contribution is -0.131. The van der Waals surface area contributed by atoms with Crippen molar-refractivity contribution in [2.75, 3.05) is 13.1 Å². The number of hydrogen-bond acceptors (Lipinski definition) is 5. The highest BCUT2D eigenvalue weighted by Gasteiger charge is 2.50. The maximum Gasteiger partial charge on any atom is 0.241 e. The van der Waals surface area contributed by atoms with Crippen LogP contribution in [0.15, 0.2) is 29.2 Å². The number of sulfonamides is 1. The molecule has 0 spiro atoms. The quantitative estimate of drug-likeness (QED) is 0.641. The lowest BCUT2D eigenvalue weighted by atomic mass is 9.62. The molecular formula is C20H29FN4O3S. The molecule has 160 valence electrons. The van der Waals surface area contributed by atoms with E-state index in [1.165, 1.54) is 12.1 Å². The smallest absolute Gasteiger partial charge is 0.241 e. The zero-order valence-electron chi connectivity index (χ0n) is 16.5. The zero-order chi connectivity index (χ0) is 20.7. The van der Waals surface area contributed by atoms with Crippen LogP contribution in [0.1, 0.15) is 51.4 Å². The monoisotopic (exact) mass is 424 g/mol. The van der Waals surface area contributed by atoms with E-state index in [4.69, 9.17) is 5.73 Å². The molecule has 3 saturated carbocycles. The molecule has 9 heteroatoms. The van der Waals surface area contributed by atoms with Gasteiger partial charge in [-0.05, 0) is 75.6 Å². The summed E-state index contributed by atoms with van der Waals surface area (Å²) in [6.45, 7) is 1.00. The maximum atomic E-state index is 13.1. The van der Waals surface area contributed by atoms with E-state index in [9.17, 15) is 17.6 Å². The minimum atomic E-state index is -3.70. The third-order valence-electron chi connectivity index (χ3n) is 6.96. The van der Waals surface area contributed by atoms with E-state index in [0.717, 1.165) is 70.0 Å². The topological polar surface area (TPSA) is 105 Å². The first-order chi connectivity index (χ1) is 13.7. The average molecular weight is 425 g/mol. The molecule has 1 heterocycles. The van der Waals surface area contributed by atoms with Crippen molar-refractivity contribution >= 4 is 15.9 Å². The van der Waals surface area contributed by atoms with Crippen LogP contribution in [0.4, 0.5) is 4.39 Å².